The van der Waals surface area contributed by atoms with Crippen molar-refractivity contribution in [3.8, 4) is 0 Å². The van der Waals surface area contributed by atoms with Crippen molar-refractivity contribution in [3.63, 3.8) is 0 Å². The fourth-order valence-corrected chi connectivity index (χ4v) is 3.49. The van der Waals surface area contributed by atoms with E-state index in [4.69, 9.17) is 0 Å². The van der Waals surface area contributed by atoms with Gasteiger partial charge in [0.15, 0.2) is 11.5 Å². The summed E-state index contributed by atoms with van der Waals surface area (Å²) in [5, 5.41) is 19.1. The minimum Gasteiger partial charge on any atom is -0.341 e. The molecule has 1 amide bonds. The Hall–Kier alpha value is -2.70. The number of H-pyrrole nitrogens is 1. The second-order valence-electron chi connectivity index (χ2n) is 6.35. The molecule has 3 aromatic rings. The molecule has 0 radical (unpaired) electrons. The van der Waals surface area contributed by atoms with E-state index in [1.165, 1.54) is 12.8 Å². The molecule has 0 unspecified atom stereocenters. The number of aromatic amines is 1. The van der Waals surface area contributed by atoms with Gasteiger partial charge < -0.3 is 9.88 Å². The third-order valence-electron chi connectivity index (χ3n) is 4.74. The Bertz CT molecular complexity index is 861. The van der Waals surface area contributed by atoms with Crippen molar-refractivity contribution in [2.75, 3.05) is 0 Å². The average molecular weight is 324 g/mol. The van der Waals surface area contributed by atoms with Gasteiger partial charge in [0.25, 0.3) is 5.91 Å². The zero-order valence-electron chi connectivity index (χ0n) is 13.6. The van der Waals surface area contributed by atoms with Crippen LogP contribution in [0.1, 0.15) is 61.0 Å². The van der Waals surface area contributed by atoms with Crippen LogP contribution in [0.25, 0.3) is 10.9 Å². The smallest absolute Gasteiger partial charge is 0.273 e. The Morgan fingerprint density at radius 2 is 2.12 bits per heavy atom. The predicted octanol–water partition coefficient (Wildman–Crippen LogP) is 2.76. The molecule has 2 N–H and O–H groups in total. The first-order valence-corrected chi connectivity index (χ1v) is 8.37. The first-order chi connectivity index (χ1) is 11.7. The molecule has 0 spiro atoms. The molecule has 7 heteroatoms. The maximum Gasteiger partial charge on any atom is 0.273 e. The number of amides is 1. The van der Waals surface area contributed by atoms with Crippen molar-refractivity contribution < 1.29 is 4.79 Å². The van der Waals surface area contributed by atoms with Gasteiger partial charge in [0, 0.05) is 11.4 Å². The topological polar surface area (TPSA) is 88.5 Å². The van der Waals surface area contributed by atoms with Gasteiger partial charge in [-0.3, -0.25) is 9.89 Å². The summed E-state index contributed by atoms with van der Waals surface area (Å²) in [5.41, 5.74) is 1.26. The third-order valence-corrected chi connectivity index (χ3v) is 4.74. The lowest BCUT2D eigenvalue weighted by atomic mass is 10.2. The van der Waals surface area contributed by atoms with Crippen molar-refractivity contribution in [1.82, 2.24) is 30.3 Å². The SMILES string of the molecule is C[C@@H](NC(=O)c1n[nH]c2ccccc12)c1nncn1C1CCCC1. The molecule has 0 bridgehead atoms. The van der Waals surface area contributed by atoms with Crippen molar-refractivity contribution in [1.29, 1.82) is 0 Å². The standard InChI is InChI=1S/C17H20N6O/c1-11(16-22-18-10-23(16)12-6-2-3-7-12)19-17(24)15-13-8-4-5-9-14(13)20-21-15/h4-5,8-12H,2-3,6-7H2,1H3,(H,19,24)(H,20,21)/t11-/m1/s1. The maximum absolute atomic E-state index is 12.6. The summed E-state index contributed by atoms with van der Waals surface area (Å²) < 4.78 is 2.11. The van der Waals surface area contributed by atoms with Crippen LogP contribution in [-0.4, -0.2) is 30.9 Å². The predicted molar refractivity (Wildman–Crippen MR) is 89.5 cm³/mol. The monoisotopic (exact) mass is 324 g/mol. The molecule has 1 fully saturated rings. The van der Waals surface area contributed by atoms with Gasteiger partial charge in [0.1, 0.15) is 6.33 Å². The van der Waals surface area contributed by atoms with Crippen molar-refractivity contribution >= 4 is 16.8 Å². The van der Waals surface area contributed by atoms with Crippen molar-refractivity contribution in [2.24, 2.45) is 0 Å². The van der Waals surface area contributed by atoms with E-state index in [1.54, 1.807) is 6.33 Å². The van der Waals surface area contributed by atoms with Gasteiger partial charge in [0.2, 0.25) is 0 Å². The summed E-state index contributed by atoms with van der Waals surface area (Å²) in [7, 11) is 0. The number of carbonyl (C=O) groups excluding carboxylic acids is 1. The zero-order valence-corrected chi connectivity index (χ0v) is 13.6. The first-order valence-electron chi connectivity index (χ1n) is 8.37. The molecule has 124 valence electrons. The Balaban J connectivity index is 1.55. The highest BCUT2D eigenvalue weighted by Crippen LogP contribution is 2.31. The van der Waals surface area contributed by atoms with E-state index in [0.717, 1.165) is 29.6 Å². The largest absolute Gasteiger partial charge is 0.341 e. The normalized spacial score (nSPS) is 16.5. The summed E-state index contributed by atoms with van der Waals surface area (Å²) in [6, 6.07) is 7.82. The Morgan fingerprint density at radius 1 is 1.33 bits per heavy atom. The number of rotatable bonds is 4. The molecular formula is C17H20N6O. The molecule has 2 heterocycles. The summed E-state index contributed by atoms with van der Waals surface area (Å²) in [6.07, 6.45) is 6.55. The molecular weight excluding hydrogens is 304 g/mol. The summed E-state index contributed by atoms with van der Waals surface area (Å²) >= 11 is 0. The van der Waals surface area contributed by atoms with Gasteiger partial charge in [-0.15, -0.1) is 10.2 Å². The van der Waals surface area contributed by atoms with E-state index in [-0.39, 0.29) is 11.9 Å². The molecule has 2 aromatic heterocycles. The fraction of sp³-hybridized carbons (Fsp3) is 0.412. The van der Waals surface area contributed by atoms with Crippen LogP contribution in [0.5, 0.6) is 0 Å². The molecule has 1 aliphatic rings. The summed E-state index contributed by atoms with van der Waals surface area (Å²) in [6.45, 7) is 1.93. The number of para-hydroxylation sites is 1. The van der Waals surface area contributed by atoms with Crippen LogP contribution in [0.2, 0.25) is 0 Å². The maximum atomic E-state index is 12.6. The molecule has 0 aliphatic heterocycles. The van der Waals surface area contributed by atoms with Crippen LogP contribution in [0.15, 0.2) is 30.6 Å². The van der Waals surface area contributed by atoms with E-state index >= 15 is 0 Å². The van der Waals surface area contributed by atoms with Gasteiger partial charge in [-0.05, 0) is 25.8 Å². The third kappa shape index (κ3) is 2.55. The number of carbonyl (C=O) groups is 1. The van der Waals surface area contributed by atoms with E-state index in [9.17, 15) is 4.79 Å². The second kappa shape index (κ2) is 6.07. The lowest BCUT2D eigenvalue weighted by Gasteiger charge is -2.18. The van der Waals surface area contributed by atoms with E-state index in [1.807, 2.05) is 31.2 Å². The van der Waals surface area contributed by atoms with Crippen LogP contribution >= 0.6 is 0 Å². The van der Waals surface area contributed by atoms with Gasteiger partial charge >= 0.3 is 0 Å². The lowest BCUT2D eigenvalue weighted by Crippen LogP contribution is -2.29. The molecule has 1 saturated carbocycles. The highest BCUT2D eigenvalue weighted by Gasteiger charge is 2.24. The molecule has 7 nitrogen and oxygen atoms in total. The number of hydrogen-bond acceptors (Lipinski definition) is 4. The van der Waals surface area contributed by atoms with Crippen LogP contribution in [0.3, 0.4) is 0 Å². The summed E-state index contributed by atoms with van der Waals surface area (Å²) in [5.74, 6) is 0.594. The minimum absolute atomic E-state index is 0.207. The lowest BCUT2D eigenvalue weighted by molar-refractivity contribution is 0.0933. The van der Waals surface area contributed by atoms with E-state index in [0.29, 0.717) is 11.7 Å². The number of hydrogen-bond donors (Lipinski definition) is 2. The highest BCUT2D eigenvalue weighted by atomic mass is 16.2. The highest BCUT2D eigenvalue weighted by molar-refractivity contribution is 6.04. The van der Waals surface area contributed by atoms with E-state index < -0.39 is 0 Å². The van der Waals surface area contributed by atoms with Gasteiger partial charge in [0.05, 0.1) is 11.6 Å². The number of aromatic nitrogens is 5. The van der Waals surface area contributed by atoms with Crippen LogP contribution in [0.4, 0.5) is 0 Å². The number of nitrogens with zero attached hydrogens (tertiary/aromatic N) is 4. The quantitative estimate of drug-likeness (QED) is 0.772. The molecule has 4 rings (SSSR count). The zero-order chi connectivity index (χ0) is 16.5. The Kier molecular flexibility index (Phi) is 3.76. The molecule has 1 atom stereocenters. The van der Waals surface area contributed by atoms with Gasteiger partial charge in [-0.1, -0.05) is 31.0 Å². The fourth-order valence-electron chi connectivity index (χ4n) is 3.49. The average Bonchev–Trinajstić information content (AvgIpc) is 3.33. The summed E-state index contributed by atoms with van der Waals surface area (Å²) in [4.78, 5) is 12.6. The van der Waals surface area contributed by atoms with Crippen LogP contribution in [0, 0.1) is 0 Å². The Labute approximate surface area is 139 Å². The van der Waals surface area contributed by atoms with Crippen LogP contribution in [-0.2, 0) is 0 Å². The molecule has 1 aromatic carbocycles. The minimum atomic E-state index is -0.226. The first kappa shape index (κ1) is 14.9. The number of fused-ring (bicyclic) bond motifs is 1. The number of nitrogens with one attached hydrogen (secondary N) is 2. The number of benzene rings is 1. The second-order valence-corrected chi connectivity index (χ2v) is 6.35. The van der Waals surface area contributed by atoms with E-state index in [2.05, 4.69) is 30.3 Å². The van der Waals surface area contributed by atoms with Crippen molar-refractivity contribution in [3.05, 3.63) is 42.1 Å². The molecule has 1 aliphatic carbocycles. The van der Waals surface area contributed by atoms with Gasteiger partial charge in [-0.2, -0.15) is 5.10 Å². The van der Waals surface area contributed by atoms with Crippen molar-refractivity contribution in [2.45, 2.75) is 44.7 Å². The van der Waals surface area contributed by atoms with Crippen LogP contribution < -0.4 is 5.32 Å². The molecule has 24 heavy (non-hydrogen) atoms. The van der Waals surface area contributed by atoms with Gasteiger partial charge in [-0.25, -0.2) is 0 Å². The Morgan fingerprint density at radius 3 is 2.96 bits per heavy atom. The molecule has 0 saturated heterocycles.